The van der Waals surface area contributed by atoms with Crippen molar-refractivity contribution in [3.8, 4) is 0 Å². The molecule has 0 aliphatic rings. The number of benzene rings is 1. The van der Waals surface area contributed by atoms with Gasteiger partial charge in [-0.05, 0) is 13.0 Å². The molecule has 0 spiro atoms. The number of nitro groups is 1. The summed E-state index contributed by atoms with van der Waals surface area (Å²) in [7, 11) is 0. The van der Waals surface area contributed by atoms with Crippen LogP contribution >= 0.6 is 11.6 Å². The Bertz CT molecular complexity index is 370. The van der Waals surface area contributed by atoms with Gasteiger partial charge in [-0.25, -0.2) is 0 Å². The highest BCUT2D eigenvalue weighted by Crippen LogP contribution is 2.32. The highest BCUT2D eigenvalue weighted by atomic mass is 35.5. The molecular weight excluding hydrogens is 220 g/mol. The highest BCUT2D eigenvalue weighted by molar-refractivity contribution is 6.33. The summed E-state index contributed by atoms with van der Waals surface area (Å²) in [5.74, 6) is 0. The lowest BCUT2D eigenvalue weighted by molar-refractivity contribution is -0.384. The number of hydrogen-bond acceptors (Lipinski definition) is 4. The SMILES string of the molecule is CC(CO)Nc1c(Cl)cccc1[N+](=O)[O-]. The predicted octanol–water partition coefficient (Wildman–Crippen LogP) is 2.04. The number of para-hydroxylation sites is 1. The fourth-order valence-corrected chi connectivity index (χ4v) is 1.32. The molecule has 0 saturated heterocycles. The van der Waals surface area contributed by atoms with Gasteiger partial charge in [-0.3, -0.25) is 10.1 Å². The van der Waals surface area contributed by atoms with Gasteiger partial charge in [-0.2, -0.15) is 0 Å². The number of aliphatic hydroxyl groups is 1. The topological polar surface area (TPSA) is 75.4 Å². The van der Waals surface area contributed by atoms with E-state index >= 15 is 0 Å². The largest absolute Gasteiger partial charge is 0.394 e. The van der Waals surface area contributed by atoms with Gasteiger partial charge in [0.1, 0.15) is 5.69 Å². The Balaban J connectivity index is 3.07. The zero-order valence-electron chi connectivity index (χ0n) is 8.11. The van der Waals surface area contributed by atoms with Gasteiger partial charge in [0, 0.05) is 12.1 Å². The van der Waals surface area contributed by atoms with E-state index in [1.807, 2.05) is 0 Å². The maximum absolute atomic E-state index is 10.7. The summed E-state index contributed by atoms with van der Waals surface area (Å²) in [6, 6.07) is 4.14. The zero-order valence-corrected chi connectivity index (χ0v) is 8.86. The summed E-state index contributed by atoms with van der Waals surface area (Å²) in [5, 5.41) is 22.6. The van der Waals surface area contributed by atoms with Crippen molar-refractivity contribution in [1.29, 1.82) is 0 Å². The van der Waals surface area contributed by atoms with E-state index in [2.05, 4.69) is 5.32 Å². The first-order valence-electron chi connectivity index (χ1n) is 4.36. The standard InChI is InChI=1S/C9H11ClN2O3/c1-6(5-13)11-9-7(10)3-2-4-8(9)12(14)15/h2-4,6,11,13H,5H2,1H3. The van der Waals surface area contributed by atoms with Crippen molar-refractivity contribution in [2.45, 2.75) is 13.0 Å². The van der Waals surface area contributed by atoms with E-state index < -0.39 is 4.92 Å². The molecule has 0 radical (unpaired) electrons. The van der Waals surface area contributed by atoms with Crippen LogP contribution in [0.1, 0.15) is 6.92 Å². The number of nitrogens with one attached hydrogen (secondary N) is 1. The average molecular weight is 231 g/mol. The van der Waals surface area contributed by atoms with Crippen molar-refractivity contribution in [2.24, 2.45) is 0 Å². The van der Waals surface area contributed by atoms with Crippen molar-refractivity contribution in [3.05, 3.63) is 33.3 Å². The van der Waals surface area contributed by atoms with Crippen molar-refractivity contribution in [3.63, 3.8) is 0 Å². The van der Waals surface area contributed by atoms with E-state index in [-0.39, 0.29) is 29.0 Å². The van der Waals surface area contributed by atoms with Gasteiger partial charge in [0.05, 0.1) is 16.6 Å². The summed E-state index contributed by atoms with van der Waals surface area (Å²) < 4.78 is 0. The summed E-state index contributed by atoms with van der Waals surface area (Å²) in [6.07, 6.45) is 0. The fourth-order valence-electron chi connectivity index (χ4n) is 1.10. The number of nitro benzene ring substituents is 1. The Hall–Kier alpha value is -1.33. The molecule has 0 amide bonds. The number of anilines is 1. The zero-order chi connectivity index (χ0) is 11.4. The first-order valence-corrected chi connectivity index (χ1v) is 4.74. The highest BCUT2D eigenvalue weighted by Gasteiger charge is 2.17. The molecule has 5 nitrogen and oxygen atoms in total. The predicted molar refractivity (Wildman–Crippen MR) is 58.3 cm³/mol. The van der Waals surface area contributed by atoms with Gasteiger partial charge in [-0.1, -0.05) is 17.7 Å². The Labute approximate surface area is 91.8 Å². The molecule has 2 N–H and O–H groups in total. The smallest absolute Gasteiger partial charge is 0.293 e. The Morgan fingerprint density at radius 3 is 2.87 bits per heavy atom. The third-order valence-corrected chi connectivity index (χ3v) is 2.17. The molecule has 0 fully saturated rings. The molecule has 15 heavy (non-hydrogen) atoms. The quantitative estimate of drug-likeness (QED) is 0.613. The molecule has 0 aliphatic carbocycles. The van der Waals surface area contributed by atoms with Crippen LogP contribution in [0, 0.1) is 10.1 Å². The Morgan fingerprint density at radius 2 is 2.33 bits per heavy atom. The third-order valence-electron chi connectivity index (χ3n) is 1.85. The van der Waals surface area contributed by atoms with Gasteiger partial charge in [0.2, 0.25) is 0 Å². The van der Waals surface area contributed by atoms with Crippen LogP contribution < -0.4 is 5.32 Å². The number of hydrogen-bond donors (Lipinski definition) is 2. The van der Waals surface area contributed by atoms with Gasteiger partial charge >= 0.3 is 0 Å². The van der Waals surface area contributed by atoms with Gasteiger partial charge in [0.25, 0.3) is 5.69 Å². The molecule has 0 aliphatic heterocycles. The summed E-state index contributed by atoms with van der Waals surface area (Å²) in [5.41, 5.74) is 0.147. The van der Waals surface area contributed by atoms with Gasteiger partial charge < -0.3 is 10.4 Å². The van der Waals surface area contributed by atoms with Gasteiger partial charge in [0.15, 0.2) is 0 Å². The van der Waals surface area contributed by atoms with Crippen LogP contribution in [0.15, 0.2) is 18.2 Å². The van der Waals surface area contributed by atoms with Crippen LogP contribution in [-0.2, 0) is 0 Å². The van der Waals surface area contributed by atoms with Crippen molar-refractivity contribution < 1.29 is 10.0 Å². The number of aliphatic hydroxyl groups excluding tert-OH is 1. The molecule has 0 aromatic heterocycles. The van der Waals surface area contributed by atoms with E-state index in [4.69, 9.17) is 16.7 Å². The molecule has 0 saturated carbocycles. The maximum atomic E-state index is 10.7. The molecule has 0 bridgehead atoms. The monoisotopic (exact) mass is 230 g/mol. The lowest BCUT2D eigenvalue weighted by Crippen LogP contribution is -2.20. The average Bonchev–Trinajstić information content (AvgIpc) is 2.20. The summed E-state index contributed by atoms with van der Waals surface area (Å²) >= 11 is 5.83. The number of halogens is 1. The molecule has 1 aromatic carbocycles. The van der Waals surface area contributed by atoms with Crippen molar-refractivity contribution >= 4 is 23.0 Å². The molecule has 1 aromatic rings. The van der Waals surface area contributed by atoms with Crippen molar-refractivity contribution in [2.75, 3.05) is 11.9 Å². The maximum Gasteiger partial charge on any atom is 0.293 e. The van der Waals surface area contributed by atoms with E-state index in [1.54, 1.807) is 13.0 Å². The molecule has 1 rings (SSSR count). The van der Waals surface area contributed by atoms with E-state index in [1.165, 1.54) is 12.1 Å². The molecule has 82 valence electrons. The molecule has 1 atom stereocenters. The molecule has 1 unspecified atom stereocenters. The first kappa shape index (κ1) is 11.7. The van der Waals surface area contributed by atoms with Crippen LogP contribution in [0.5, 0.6) is 0 Å². The van der Waals surface area contributed by atoms with Crippen LogP contribution in [0.25, 0.3) is 0 Å². The van der Waals surface area contributed by atoms with Crippen LogP contribution in [-0.4, -0.2) is 22.7 Å². The van der Waals surface area contributed by atoms with E-state index in [0.717, 1.165) is 0 Å². The Kier molecular flexibility index (Phi) is 3.88. The van der Waals surface area contributed by atoms with Crippen LogP contribution in [0.3, 0.4) is 0 Å². The van der Waals surface area contributed by atoms with Crippen LogP contribution in [0.4, 0.5) is 11.4 Å². The first-order chi connectivity index (χ1) is 7.06. The lowest BCUT2D eigenvalue weighted by atomic mass is 10.2. The lowest BCUT2D eigenvalue weighted by Gasteiger charge is -2.13. The van der Waals surface area contributed by atoms with E-state index in [0.29, 0.717) is 0 Å². The van der Waals surface area contributed by atoms with Crippen LogP contribution in [0.2, 0.25) is 5.02 Å². The number of nitrogens with zero attached hydrogens (tertiary/aromatic N) is 1. The minimum absolute atomic E-state index is 0.0946. The summed E-state index contributed by atoms with van der Waals surface area (Å²) in [4.78, 5) is 10.2. The van der Waals surface area contributed by atoms with E-state index in [9.17, 15) is 10.1 Å². The van der Waals surface area contributed by atoms with Crippen molar-refractivity contribution in [1.82, 2.24) is 0 Å². The molecular formula is C9H11ClN2O3. The normalized spacial score (nSPS) is 12.2. The number of rotatable bonds is 4. The Morgan fingerprint density at radius 1 is 1.67 bits per heavy atom. The summed E-state index contributed by atoms with van der Waals surface area (Å²) in [6.45, 7) is 1.58. The second kappa shape index (κ2) is 4.95. The second-order valence-corrected chi connectivity index (χ2v) is 3.53. The van der Waals surface area contributed by atoms with Gasteiger partial charge in [-0.15, -0.1) is 0 Å². The minimum atomic E-state index is -0.516. The minimum Gasteiger partial charge on any atom is -0.394 e. The molecule has 0 heterocycles. The third kappa shape index (κ3) is 2.81. The fraction of sp³-hybridized carbons (Fsp3) is 0.333. The second-order valence-electron chi connectivity index (χ2n) is 3.12. The molecule has 6 heteroatoms.